The summed E-state index contributed by atoms with van der Waals surface area (Å²) >= 11 is 2.69. The molecule has 1 N–H and O–H groups in total. The van der Waals surface area contributed by atoms with Crippen LogP contribution >= 0.6 is 22.7 Å². The lowest BCUT2D eigenvalue weighted by atomic mass is 10.2. The van der Waals surface area contributed by atoms with Crippen LogP contribution in [0.2, 0.25) is 0 Å². The summed E-state index contributed by atoms with van der Waals surface area (Å²) in [5.74, 6) is -0.181. The largest absolute Gasteiger partial charge is 0.297 e. The Balaban J connectivity index is 1.69. The van der Waals surface area contributed by atoms with Gasteiger partial charge in [-0.25, -0.2) is 4.98 Å². The highest BCUT2D eigenvalue weighted by molar-refractivity contribution is 7.15. The van der Waals surface area contributed by atoms with Crippen LogP contribution in [-0.4, -0.2) is 27.0 Å². The molecule has 0 bridgehead atoms. The minimum Gasteiger partial charge on any atom is -0.297 e. The van der Waals surface area contributed by atoms with Crippen molar-refractivity contribution < 1.29 is 9.59 Å². The van der Waals surface area contributed by atoms with Gasteiger partial charge in [-0.1, -0.05) is 43.4 Å². The number of amides is 2. The van der Waals surface area contributed by atoms with E-state index in [4.69, 9.17) is 0 Å². The minimum absolute atomic E-state index is 0.133. The van der Waals surface area contributed by atoms with Crippen LogP contribution in [0.4, 0.5) is 16.0 Å². The maximum absolute atomic E-state index is 12.1. The Morgan fingerprint density at radius 2 is 1.93 bits per heavy atom. The third kappa shape index (κ3) is 4.87. The molecule has 28 heavy (non-hydrogen) atoms. The molecule has 1 aromatic carbocycles. The molecule has 0 atom stereocenters. The van der Waals surface area contributed by atoms with Gasteiger partial charge in [0.25, 0.3) is 0 Å². The number of carbonyl (C=O) groups is 2. The van der Waals surface area contributed by atoms with E-state index in [-0.39, 0.29) is 17.7 Å². The van der Waals surface area contributed by atoms with E-state index in [1.54, 1.807) is 11.5 Å². The van der Waals surface area contributed by atoms with E-state index < -0.39 is 0 Å². The van der Waals surface area contributed by atoms with Crippen molar-refractivity contribution in [3.63, 3.8) is 0 Å². The third-order valence-electron chi connectivity index (χ3n) is 3.60. The number of rotatable bonds is 6. The second kappa shape index (κ2) is 8.85. The summed E-state index contributed by atoms with van der Waals surface area (Å²) in [5.41, 5.74) is 1.34. The summed E-state index contributed by atoms with van der Waals surface area (Å²) < 4.78 is 0. The summed E-state index contributed by atoms with van der Waals surface area (Å²) in [4.78, 5) is 30.1. The third-order valence-corrected chi connectivity index (χ3v) is 5.58. The van der Waals surface area contributed by atoms with E-state index in [9.17, 15) is 9.59 Å². The molecule has 0 saturated heterocycles. The van der Waals surface area contributed by atoms with Crippen molar-refractivity contribution in [1.82, 2.24) is 15.2 Å². The van der Waals surface area contributed by atoms with Gasteiger partial charge in [0.2, 0.25) is 16.9 Å². The summed E-state index contributed by atoms with van der Waals surface area (Å²) in [5, 5.41) is 14.4. The molecule has 7 nitrogen and oxygen atoms in total. The van der Waals surface area contributed by atoms with E-state index >= 15 is 0 Å². The van der Waals surface area contributed by atoms with E-state index in [2.05, 4.69) is 20.5 Å². The first-order chi connectivity index (χ1) is 13.4. The van der Waals surface area contributed by atoms with E-state index in [1.165, 1.54) is 40.6 Å². The molecule has 0 aliphatic rings. The van der Waals surface area contributed by atoms with Gasteiger partial charge in [0.15, 0.2) is 5.13 Å². The average molecular weight is 414 g/mol. The Labute approximate surface area is 170 Å². The van der Waals surface area contributed by atoms with Gasteiger partial charge in [-0.2, -0.15) is 0 Å². The normalized spacial score (nSPS) is 11.1. The number of nitrogens with one attached hydrogen (secondary N) is 1. The summed E-state index contributed by atoms with van der Waals surface area (Å²) in [6.07, 6.45) is 2.99. The molecular formula is C19H19N5O2S2. The lowest BCUT2D eigenvalue weighted by Crippen LogP contribution is -2.22. The summed E-state index contributed by atoms with van der Waals surface area (Å²) in [7, 11) is 0. The predicted molar refractivity (Wildman–Crippen MR) is 113 cm³/mol. The molecule has 2 heterocycles. The number of para-hydroxylation sites is 1. The molecule has 9 heteroatoms. The highest BCUT2D eigenvalue weighted by atomic mass is 32.1. The van der Waals surface area contributed by atoms with E-state index in [0.717, 1.165) is 10.7 Å². The average Bonchev–Trinajstić information content (AvgIpc) is 3.31. The van der Waals surface area contributed by atoms with Crippen molar-refractivity contribution in [2.45, 2.75) is 26.7 Å². The summed E-state index contributed by atoms with van der Waals surface area (Å²) in [6.45, 7) is 5.53. The molecule has 3 aromatic rings. The minimum atomic E-state index is -0.313. The first-order valence-electron chi connectivity index (χ1n) is 8.57. The summed E-state index contributed by atoms with van der Waals surface area (Å²) in [6, 6.07) is 9.31. The van der Waals surface area contributed by atoms with Crippen LogP contribution in [0.25, 0.3) is 6.08 Å². The topological polar surface area (TPSA) is 88.1 Å². The van der Waals surface area contributed by atoms with Gasteiger partial charge in [0, 0.05) is 24.3 Å². The van der Waals surface area contributed by atoms with Crippen LogP contribution in [-0.2, 0) is 9.59 Å². The molecule has 0 aliphatic heterocycles. The van der Waals surface area contributed by atoms with Gasteiger partial charge in [-0.3, -0.25) is 19.8 Å². The SMILES string of the molecule is CC(=O)N(c1ccccc1)c1nc(/C=C/C(=O)Nc2nnc(C(C)C)s2)cs1. The van der Waals surface area contributed by atoms with Gasteiger partial charge < -0.3 is 0 Å². The lowest BCUT2D eigenvalue weighted by molar-refractivity contribution is -0.116. The number of aromatic nitrogens is 3. The molecular weight excluding hydrogens is 394 g/mol. The molecule has 3 rings (SSSR count). The van der Waals surface area contributed by atoms with Gasteiger partial charge >= 0.3 is 0 Å². The smallest absolute Gasteiger partial charge is 0.250 e. The number of nitrogens with zero attached hydrogens (tertiary/aromatic N) is 4. The number of hydrogen-bond donors (Lipinski definition) is 1. The van der Waals surface area contributed by atoms with Gasteiger partial charge in [0.05, 0.1) is 11.4 Å². The van der Waals surface area contributed by atoms with Crippen molar-refractivity contribution in [2.75, 3.05) is 10.2 Å². The van der Waals surface area contributed by atoms with Crippen LogP contribution in [0, 0.1) is 0 Å². The number of hydrogen-bond acceptors (Lipinski definition) is 7. The lowest BCUT2D eigenvalue weighted by Gasteiger charge is -2.17. The molecule has 0 fully saturated rings. The number of carbonyl (C=O) groups excluding carboxylic acids is 2. The molecule has 2 aromatic heterocycles. The molecule has 0 unspecified atom stereocenters. The second-order valence-electron chi connectivity index (χ2n) is 6.17. The fraction of sp³-hybridized carbons (Fsp3) is 0.211. The maximum Gasteiger partial charge on any atom is 0.250 e. The van der Waals surface area contributed by atoms with Crippen molar-refractivity contribution in [1.29, 1.82) is 0 Å². The molecule has 2 amide bonds. The van der Waals surface area contributed by atoms with Crippen LogP contribution in [0.3, 0.4) is 0 Å². The number of thiazole rings is 1. The Morgan fingerprint density at radius 1 is 1.18 bits per heavy atom. The molecule has 0 saturated carbocycles. The molecule has 144 valence electrons. The van der Waals surface area contributed by atoms with E-state index in [0.29, 0.717) is 16.0 Å². The molecule has 0 radical (unpaired) electrons. The monoisotopic (exact) mass is 413 g/mol. The highest BCUT2D eigenvalue weighted by Crippen LogP contribution is 2.29. The number of benzene rings is 1. The van der Waals surface area contributed by atoms with Crippen LogP contribution in [0.1, 0.15) is 37.4 Å². The Morgan fingerprint density at radius 3 is 2.57 bits per heavy atom. The van der Waals surface area contributed by atoms with Crippen molar-refractivity contribution in [3.05, 3.63) is 52.5 Å². The maximum atomic E-state index is 12.1. The second-order valence-corrected chi connectivity index (χ2v) is 8.01. The van der Waals surface area contributed by atoms with Crippen LogP contribution < -0.4 is 10.2 Å². The Kier molecular flexibility index (Phi) is 6.27. The Bertz CT molecular complexity index is 995. The fourth-order valence-corrected chi connectivity index (χ4v) is 3.89. The quantitative estimate of drug-likeness (QED) is 0.603. The molecule has 0 spiro atoms. The van der Waals surface area contributed by atoms with Gasteiger partial charge in [-0.05, 0) is 18.2 Å². The standard InChI is InChI=1S/C19H19N5O2S2/c1-12(2)17-22-23-18(28-17)21-16(26)10-9-14-11-27-19(20-14)24(13(3)25)15-7-5-4-6-8-15/h4-12H,1-3H3,(H,21,23,26)/b10-9+. The first-order valence-corrected chi connectivity index (χ1v) is 10.3. The zero-order valence-corrected chi connectivity index (χ0v) is 17.3. The fourth-order valence-electron chi connectivity index (χ4n) is 2.29. The van der Waals surface area contributed by atoms with Crippen molar-refractivity contribution in [3.8, 4) is 0 Å². The van der Waals surface area contributed by atoms with Crippen molar-refractivity contribution in [2.24, 2.45) is 0 Å². The number of anilines is 3. The van der Waals surface area contributed by atoms with Crippen LogP contribution in [0.15, 0.2) is 41.8 Å². The Hall–Kier alpha value is -2.91. The zero-order chi connectivity index (χ0) is 20.1. The van der Waals surface area contributed by atoms with Gasteiger partial charge in [-0.15, -0.1) is 21.5 Å². The molecule has 0 aliphatic carbocycles. The van der Waals surface area contributed by atoms with Crippen molar-refractivity contribution >= 4 is 56.5 Å². The van der Waals surface area contributed by atoms with E-state index in [1.807, 2.05) is 44.2 Å². The predicted octanol–water partition coefficient (Wildman–Crippen LogP) is 4.45. The van der Waals surface area contributed by atoms with Gasteiger partial charge in [0.1, 0.15) is 5.01 Å². The highest BCUT2D eigenvalue weighted by Gasteiger charge is 2.17. The zero-order valence-electron chi connectivity index (χ0n) is 15.6. The first kappa shape index (κ1) is 19.8. The van der Waals surface area contributed by atoms with Crippen LogP contribution in [0.5, 0.6) is 0 Å².